The highest BCUT2D eigenvalue weighted by Crippen LogP contribution is 2.34. The standard InChI is InChI=1S/C16H20N2/c1-16(2,3)15-10-13(18)8-9-14(15)11-4-6-12(17)7-5-11/h4-10H,17-18H2,1-3H3. The molecule has 2 aromatic rings. The van der Waals surface area contributed by atoms with Crippen LogP contribution in [0.2, 0.25) is 0 Å². The van der Waals surface area contributed by atoms with Crippen LogP contribution in [0.4, 0.5) is 11.4 Å². The summed E-state index contributed by atoms with van der Waals surface area (Å²) >= 11 is 0. The third kappa shape index (κ3) is 2.48. The number of nitrogen functional groups attached to an aromatic ring is 2. The first-order valence-electron chi connectivity index (χ1n) is 6.14. The van der Waals surface area contributed by atoms with Gasteiger partial charge in [-0.3, -0.25) is 0 Å². The fourth-order valence-electron chi connectivity index (χ4n) is 2.10. The zero-order valence-corrected chi connectivity index (χ0v) is 11.2. The van der Waals surface area contributed by atoms with Crippen LogP contribution in [-0.4, -0.2) is 0 Å². The molecular weight excluding hydrogens is 220 g/mol. The van der Waals surface area contributed by atoms with E-state index in [0.29, 0.717) is 0 Å². The molecule has 0 atom stereocenters. The van der Waals surface area contributed by atoms with E-state index < -0.39 is 0 Å². The lowest BCUT2D eigenvalue weighted by Crippen LogP contribution is -2.13. The Balaban J connectivity index is 2.60. The summed E-state index contributed by atoms with van der Waals surface area (Å²) in [5.41, 5.74) is 16.9. The molecule has 0 amide bonds. The minimum atomic E-state index is 0.0616. The van der Waals surface area contributed by atoms with E-state index in [4.69, 9.17) is 11.5 Å². The van der Waals surface area contributed by atoms with Crippen LogP contribution in [0.25, 0.3) is 11.1 Å². The lowest BCUT2D eigenvalue weighted by molar-refractivity contribution is 0.592. The molecule has 0 saturated carbocycles. The maximum atomic E-state index is 5.91. The van der Waals surface area contributed by atoms with Gasteiger partial charge in [-0.1, -0.05) is 39.0 Å². The van der Waals surface area contributed by atoms with E-state index in [-0.39, 0.29) is 5.41 Å². The van der Waals surface area contributed by atoms with Gasteiger partial charge in [-0.25, -0.2) is 0 Å². The van der Waals surface area contributed by atoms with Crippen LogP contribution in [0.5, 0.6) is 0 Å². The maximum Gasteiger partial charge on any atom is 0.0317 e. The quantitative estimate of drug-likeness (QED) is 0.745. The Labute approximate surface area is 109 Å². The topological polar surface area (TPSA) is 52.0 Å². The molecule has 0 radical (unpaired) electrons. The molecule has 2 aromatic carbocycles. The number of benzene rings is 2. The first-order chi connectivity index (χ1) is 8.38. The molecule has 0 bridgehead atoms. The van der Waals surface area contributed by atoms with Crippen LogP contribution < -0.4 is 11.5 Å². The van der Waals surface area contributed by atoms with Gasteiger partial charge in [0.25, 0.3) is 0 Å². The highest BCUT2D eigenvalue weighted by Gasteiger charge is 2.18. The Bertz CT molecular complexity index is 548. The number of hydrogen-bond acceptors (Lipinski definition) is 2. The summed E-state index contributed by atoms with van der Waals surface area (Å²) in [7, 11) is 0. The second kappa shape index (κ2) is 4.37. The molecular formula is C16H20N2. The summed E-state index contributed by atoms with van der Waals surface area (Å²) in [6.45, 7) is 6.59. The number of nitrogens with two attached hydrogens (primary N) is 2. The van der Waals surface area contributed by atoms with Crippen molar-refractivity contribution in [3.8, 4) is 11.1 Å². The summed E-state index contributed by atoms with van der Waals surface area (Å²) in [5.74, 6) is 0. The lowest BCUT2D eigenvalue weighted by atomic mass is 9.81. The van der Waals surface area contributed by atoms with Gasteiger partial charge >= 0.3 is 0 Å². The van der Waals surface area contributed by atoms with Gasteiger partial charge in [-0.2, -0.15) is 0 Å². The first kappa shape index (κ1) is 12.5. The van der Waals surface area contributed by atoms with E-state index in [1.165, 1.54) is 16.7 Å². The van der Waals surface area contributed by atoms with Crippen LogP contribution in [0.1, 0.15) is 26.3 Å². The number of anilines is 2. The Morgan fingerprint density at radius 2 is 1.33 bits per heavy atom. The van der Waals surface area contributed by atoms with Gasteiger partial charge in [0.1, 0.15) is 0 Å². The van der Waals surface area contributed by atoms with Crippen molar-refractivity contribution in [3.05, 3.63) is 48.0 Å². The van der Waals surface area contributed by atoms with Crippen molar-refractivity contribution < 1.29 is 0 Å². The van der Waals surface area contributed by atoms with Crippen molar-refractivity contribution >= 4 is 11.4 Å². The molecule has 0 heterocycles. The van der Waals surface area contributed by atoms with Crippen LogP contribution in [0.3, 0.4) is 0 Å². The van der Waals surface area contributed by atoms with Gasteiger partial charge in [0.05, 0.1) is 0 Å². The normalized spacial score (nSPS) is 11.5. The molecule has 0 saturated heterocycles. The van der Waals surface area contributed by atoms with Crippen molar-refractivity contribution in [1.29, 1.82) is 0 Å². The average molecular weight is 240 g/mol. The smallest absolute Gasteiger partial charge is 0.0317 e. The van der Waals surface area contributed by atoms with E-state index in [0.717, 1.165) is 11.4 Å². The fraction of sp³-hybridized carbons (Fsp3) is 0.250. The second-order valence-electron chi connectivity index (χ2n) is 5.68. The van der Waals surface area contributed by atoms with Gasteiger partial charge < -0.3 is 11.5 Å². The molecule has 0 spiro atoms. The minimum absolute atomic E-state index is 0.0616. The fourth-order valence-corrected chi connectivity index (χ4v) is 2.10. The summed E-state index contributed by atoms with van der Waals surface area (Å²) < 4.78 is 0. The molecule has 4 N–H and O–H groups in total. The van der Waals surface area contributed by atoms with Crippen molar-refractivity contribution in [1.82, 2.24) is 0 Å². The van der Waals surface area contributed by atoms with E-state index in [1.807, 2.05) is 18.2 Å². The van der Waals surface area contributed by atoms with Gasteiger partial charge in [-0.15, -0.1) is 0 Å². The van der Waals surface area contributed by atoms with Gasteiger partial charge in [0, 0.05) is 11.4 Å². The Kier molecular flexibility index (Phi) is 3.04. The third-order valence-corrected chi connectivity index (χ3v) is 3.07. The van der Waals surface area contributed by atoms with E-state index in [9.17, 15) is 0 Å². The lowest BCUT2D eigenvalue weighted by Gasteiger charge is -2.23. The average Bonchev–Trinajstić information content (AvgIpc) is 2.29. The SMILES string of the molecule is CC(C)(C)c1cc(N)ccc1-c1ccc(N)cc1. The maximum absolute atomic E-state index is 5.91. The molecule has 0 aliphatic rings. The molecule has 2 rings (SSSR count). The van der Waals surface area contributed by atoms with Crippen LogP contribution in [0, 0.1) is 0 Å². The molecule has 2 nitrogen and oxygen atoms in total. The molecule has 0 aliphatic carbocycles. The largest absolute Gasteiger partial charge is 0.399 e. The molecule has 0 aliphatic heterocycles. The molecule has 0 fully saturated rings. The van der Waals surface area contributed by atoms with Gasteiger partial charge in [0.2, 0.25) is 0 Å². The van der Waals surface area contributed by atoms with Gasteiger partial charge in [0.15, 0.2) is 0 Å². The van der Waals surface area contributed by atoms with E-state index >= 15 is 0 Å². The van der Waals surface area contributed by atoms with Gasteiger partial charge in [-0.05, 0) is 46.4 Å². The van der Waals surface area contributed by atoms with Crippen molar-refractivity contribution in [2.75, 3.05) is 11.5 Å². The molecule has 0 aromatic heterocycles. The summed E-state index contributed by atoms with van der Waals surface area (Å²) in [6, 6.07) is 14.1. The first-order valence-corrected chi connectivity index (χ1v) is 6.14. The zero-order valence-electron chi connectivity index (χ0n) is 11.2. The number of hydrogen-bond donors (Lipinski definition) is 2. The second-order valence-corrected chi connectivity index (χ2v) is 5.68. The minimum Gasteiger partial charge on any atom is -0.399 e. The Morgan fingerprint density at radius 3 is 1.89 bits per heavy atom. The Hall–Kier alpha value is -1.96. The highest BCUT2D eigenvalue weighted by atomic mass is 14.5. The molecule has 18 heavy (non-hydrogen) atoms. The van der Waals surface area contributed by atoms with Crippen molar-refractivity contribution in [2.45, 2.75) is 26.2 Å². The summed E-state index contributed by atoms with van der Waals surface area (Å²) in [4.78, 5) is 0. The predicted octanol–water partition coefficient (Wildman–Crippen LogP) is 3.82. The molecule has 2 heteroatoms. The zero-order chi connectivity index (χ0) is 13.3. The van der Waals surface area contributed by atoms with Crippen molar-refractivity contribution in [3.63, 3.8) is 0 Å². The van der Waals surface area contributed by atoms with Crippen LogP contribution in [-0.2, 0) is 5.41 Å². The Morgan fingerprint density at radius 1 is 0.778 bits per heavy atom. The summed E-state index contributed by atoms with van der Waals surface area (Å²) in [6.07, 6.45) is 0. The monoisotopic (exact) mass is 240 g/mol. The number of rotatable bonds is 1. The molecule has 94 valence electrons. The van der Waals surface area contributed by atoms with E-state index in [2.05, 4.69) is 45.0 Å². The highest BCUT2D eigenvalue weighted by molar-refractivity contribution is 5.72. The van der Waals surface area contributed by atoms with Crippen molar-refractivity contribution in [2.24, 2.45) is 0 Å². The molecule has 0 unspecified atom stereocenters. The van der Waals surface area contributed by atoms with Crippen LogP contribution >= 0.6 is 0 Å². The van der Waals surface area contributed by atoms with Crippen LogP contribution in [0.15, 0.2) is 42.5 Å². The predicted molar refractivity (Wildman–Crippen MR) is 79.4 cm³/mol. The summed E-state index contributed by atoms with van der Waals surface area (Å²) in [5, 5.41) is 0. The third-order valence-electron chi connectivity index (χ3n) is 3.07. The van der Waals surface area contributed by atoms with E-state index in [1.54, 1.807) is 0 Å².